The van der Waals surface area contributed by atoms with Gasteiger partial charge in [-0.3, -0.25) is 4.79 Å². The Balaban J connectivity index is 2.57. The van der Waals surface area contributed by atoms with E-state index in [-0.39, 0.29) is 6.04 Å². The van der Waals surface area contributed by atoms with Crippen LogP contribution in [0.1, 0.15) is 53.4 Å². The first-order valence-electron chi connectivity index (χ1n) is 6.90. The summed E-state index contributed by atoms with van der Waals surface area (Å²) in [6.45, 7) is 10.4. The van der Waals surface area contributed by atoms with E-state index in [4.69, 9.17) is 10.8 Å². The van der Waals surface area contributed by atoms with Crippen molar-refractivity contribution in [1.29, 1.82) is 0 Å². The maximum atomic E-state index is 11.1. The zero-order valence-corrected chi connectivity index (χ0v) is 12.2. The van der Waals surface area contributed by atoms with Crippen molar-refractivity contribution in [2.24, 2.45) is 11.1 Å². The Labute approximate surface area is 111 Å². The second kappa shape index (κ2) is 5.57. The average Bonchev–Trinajstić information content (AvgIpc) is 2.38. The van der Waals surface area contributed by atoms with E-state index in [1.54, 1.807) is 6.92 Å². The Kier molecular flexibility index (Phi) is 4.78. The zero-order chi connectivity index (χ0) is 14.0. The Bertz CT molecular complexity index is 300. The fourth-order valence-electron chi connectivity index (χ4n) is 2.71. The quantitative estimate of drug-likeness (QED) is 0.808. The molecular formula is C14H28N2O2. The highest BCUT2D eigenvalue weighted by molar-refractivity contribution is 5.77. The van der Waals surface area contributed by atoms with Crippen molar-refractivity contribution < 1.29 is 9.90 Å². The molecule has 4 nitrogen and oxygen atoms in total. The first-order valence-corrected chi connectivity index (χ1v) is 6.90. The summed E-state index contributed by atoms with van der Waals surface area (Å²) < 4.78 is 0. The molecule has 0 radical (unpaired) electrons. The van der Waals surface area contributed by atoms with Crippen LogP contribution in [0.2, 0.25) is 0 Å². The number of carboxylic acids is 1. The third-order valence-electron chi connectivity index (χ3n) is 4.21. The van der Waals surface area contributed by atoms with E-state index in [1.165, 1.54) is 19.3 Å². The lowest BCUT2D eigenvalue weighted by atomic mass is 9.85. The van der Waals surface area contributed by atoms with Gasteiger partial charge in [-0.15, -0.1) is 0 Å². The minimum absolute atomic E-state index is 0.227. The topological polar surface area (TPSA) is 66.6 Å². The summed E-state index contributed by atoms with van der Waals surface area (Å²) in [6.07, 6.45) is 4.11. The molecule has 1 rings (SSSR count). The molecule has 1 fully saturated rings. The van der Waals surface area contributed by atoms with E-state index in [2.05, 4.69) is 25.7 Å². The molecule has 106 valence electrons. The van der Waals surface area contributed by atoms with Crippen LogP contribution >= 0.6 is 0 Å². The number of nitrogens with two attached hydrogens (primary N) is 1. The normalized spacial score (nSPS) is 26.1. The number of nitrogens with zero attached hydrogens (tertiary/aromatic N) is 1. The number of carbonyl (C=O) groups is 1. The fourth-order valence-corrected chi connectivity index (χ4v) is 2.71. The number of aliphatic carboxylic acids is 1. The third-order valence-corrected chi connectivity index (χ3v) is 4.21. The van der Waals surface area contributed by atoms with Crippen molar-refractivity contribution in [3.8, 4) is 0 Å². The molecule has 1 aliphatic rings. The summed E-state index contributed by atoms with van der Waals surface area (Å²) in [5, 5.41) is 9.08. The van der Waals surface area contributed by atoms with E-state index in [0.29, 0.717) is 11.8 Å². The van der Waals surface area contributed by atoms with Crippen LogP contribution in [0.4, 0.5) is 0 Å². The summed E-state index contributed by atoms with van der Waals surface area (Å²) in [5.74, 6) is -0.912. The van der Waals surface area contributed by atoms with Gasteiger partial charge in [-0.1, -0.05) is 13.8 Å². The summed E-state index contributed by atoms with van der Waals surface area (Å²) in [5.41, 5.74) is 5.12. The Morgan fingerprint density at radius 2 is 2.06 bits per heavy atom. The number of hydrogen-bond acceptors (Lipinski definition) is 3. The minimum Gasteiger partial charge on any atom is -0.480 e. The largest absolute Gasteiger partial charge is 0.480 e. The molecule has 1 aliphatic heterocycles. The van der Waals surface area contributed by atoms with Gasteiger partial charge >= 0.3 is 5.97 Å². The first-order chi connectivity index (χ1) is 8.14. The predicted molar refractivity (Wildman–Crippen MR) is 73.5 cm³/mol. The van der Waals surface area contributed by atoms with Crippen LogP contribution in [0.5, 0.6) is 0 Å². The molecule has 18 heavy (non-hydrogen) atoms. The van der Waals surface area contributed by atoms with E-state index in [9.17, 15) is 4.79 Å². The molecule has 2 unspecified atom stereocenters. The molecular weight excluding hydrogens is 228 g/mol. The summed E-state index contributed by atoms with van der Waals surface area (Å²) in [4.78, 5) is 13.5. The number of likely N-dealkylation sites (tertiary alicyclic amines) is 1. The van der Waals surface area contributed by atoms with Gasteiger partial charge in [-0.25, -0.2) is 0 Å². The van der Waals surface area contributed by atoms with Crippen molar-refractivity contribution in [3.05, 3.63) is 0 Å². The number of hydrogen-bond donors (Lipinski definition) is 2. The lowest BCUT2D eigenvalue weighted by Gasteiger charge is -2.32. The molecule has 0 amide bonds. The molecule has 3 N–H and O–H groups in total. The van der Waals surface area contributed by atoms with Crippen LogP contribution in [-0.4, -0.2) is 40.6 Å². The SMILES string of the molecule is CC(CC(C)(N)C(=O)O)N1CCCC(C)(C)CC1. The van der Waals surface area contributed by atoms with Gasteiger partial charge in [-0.2, -0.15) is 0 Å². The fraction of sp³-hybridized carbons (Fsp3) is 0.929. The van der Waals surface area contributed by atoms with E-state index in [0.717, 1.165) is 13.1 Å². The summed E-state index contributed by atoms with van der Waals surface area (Å²) in [6, 6.07) is 0.227. The molecule has 1 heterocycles. The molecule has 0 aromatic rings. The molecule has 1 saturated heterocycles. The van der Waals surface area contributed by atoms with Crippen LogP contribution in [0.15, 0.2) is 0 Å². The van der Waals surface area contributed by atoms with Crippen molar-refractivity contribution >= 4 is 5.97 Å². The van der Waals surface area contributed by atoms with Crippen LogP contribution < -0.4 is 5.73 Å². The van der Waals surface area contributed by atoms with Gasteiger partial charge in [0.15, 0.2) is 0 Å². The second-order valence-corrected chi connectivity index (χ2v) is 6.83. The van der Waals surface area contributed by atoms with Gasteiger partial charge in [0.25, 0.3) is 0 Å². The van der Waals surface area contributed by atoms with Crippen molar-refractivity contribution in [2.45, 2.75) is 65.0 Å². The molecule has 2 atom stereocenters. The Morgan fingerprint density at radius 3 is 2.61 bits per heavy atom. The van der Waals surface area contributed by atoms with E-state index >= 15 is 0 Å². The standard InChI is InChI=1S/C14H28N2O2/c1-11(10-14(4,15)12(17)18)16-8-5-6-13(2,3)7-9-16/h11H,5-10,15H2,1-4H3,(H,17,18). The lowest BCUT2D eigenvalue weighted by Crippen LogP contribution is -2.50. The van der Waals surface area contributed by atoms with Gasteiger partial charge in [0.05, 0.1) is 0 Å². The number of rotatable bonds is 4. The Hall–Kier alpha value is -0.610. The highest BCUT2D eigenvalue weighted by atomic mass is 16.4. The lowest BCUT2D eigenvalue weighted by molar-refractivity contribution is -0.143. The second-order valence-electron chi connectivity index (χ2n) is 6.83. The molecule has 0 bridgehead atoms. The van der Waals surface area contributed by atoms with Crippen molar-refractivity contribution in [3.63, 3.8) is 0 Å². The van der Waals surface area contributed by atoms with Gasteiger partial charge in [0.2, 0.25) is 0 Å². The third kappa shape index (κ3) is 4.25. The van der Waals surface area contributed by atoms with Crippen molar-refractivity contribution in [2.75, 3.05) is 13.1 Å². The van der Waals surface area contributed by atoms with Gasteiger partial charge in [0.1, 0.15) is 5.54 Å². The highest BCUT2D eigenvalue weighted by Gasteiger charge is 2.33. The van der Waals surface area contributed by atoms with Gasteiger partial charge in [0, 0.05) is 6.04 Å². The van der Waals surface area contributed by atoms with Crippen molar-refractivity contribution in [1.82, 2.24) is 4.90 Å². The zero-order valence-electron chi connectivity index (χ0n) is 12.2. The predicted octanol–water partition coefficient (Wildman–Crippen LogP) is 2.08. The van der Waals surface area contributed by atoms with E-state index < -0.39 is 11.5 Å². The van der Waals surface area contributed by atoms with Crippen LogP contribution in [0.3, 0.4) is 0 Å². The van der Waals surface area contributed by atoms with Crippen LogP contribution in [0, 0.1) is 5.41 Å². The Morgan fingerprint density at radius 1 is 1.44 bits per heavy atom. The van der Waals surface area contributed by atoms with Crippen LogP contribution in [-0.2, 0) is 4.79 Å². The van der Waals surface area contributed by atoms with E-state index in [1.807, 2.05) is 0 Å². The first kappa shape index (κ1) is 15.4. The molecule has 0 saturated carbocycles. The molecule has 0 aliphatic carbocycles. The molecule has 0 spiro atoms. The maximum absolute atomic E-state index is 11.1. The molecule has 0 aromatic heterocycles. The highest BCUT2D eigenvalue weighted by Crippen LogP contribution is 2.31. The smallest absolute Gasteiger partial charge is 0.323 e. The summed E-state index contributed by atoms with van der Waals surface area (Å²) >= 11 is 0. The maximum Gasteiger partial charge on any atom is 0.323 e. The number of carboxylic acid groups (broad SMARTS) is 1. The van der Waals surface area contributed by atoms with Crippen LogP contribution in [0.25, 0.3) is 0 Å². The van der Waals surface area contributed by atoms with Gasteiger partial charge < -0.3 is 15.7 Å². The molecule has 0 aromatic carbocycles. The van der Waals surface area contributed by atoms with Gasteiger partial charge in [-0.05, 0) is 58.0 Å². The average molecular weight is 256 g/mol. The molecule has 4 heteroatoms. The monoisotopic (exact) mass is 256 g/mol. The summed E-state index contributed by atoms with van der Waals surface area (Å²) in [7, 11) is 0. The minimum atomic E-state index is -1.12.